The van der Waals surface area contributed by atoms with Gasteiger partial charge in [-0.2, -0.15) is 0 Å². The summed E-state index contributed by atoms with van der Waals surface area (Å²) in [5.74, 6) is -0.454. The largest absolute Gasteiger partial charge is 0.459 e. The van der Waals surface area contributed by atoms with Crippen LogP contribution in [0.1, 0.15) is 11.1 Å². The van der Waals surface area contributed by atoms with E-state index in [9.17, 15) is 4.79 Å². The number of ether oxygens (including phenoxy) is 1. The molecule has 0 saturated carbocycles. The molecule has 0 saturated heterocycles. The van der Waals surface area contributed by atoms with Crippen molar-refractivity contribution in [3.05, 3.63) is 84.4 Å². The number of carbonyl (C=O) groups excluding carboxylic acids is 1. The van der Waals surface area contributed by atoms with Crippen LogP contribution in [0, 0.1) is 0 Å². The lowest BCUT2D eigenvalue weighted by Gasteiger charge is -2.33. The summed E-state index contributed by atoms with van der Waals surface area (Å²) in [5.41, 5.74) is 1.15. The lowest BCUT2D eigenvalue weighted by Crippen LogP contribution is -2.36. The van der Waals surface area contributed by atoms with Gasteiger partial charge in [-0.1, -0.05) is 67.2 Å². The minimum atomic E-state index is -0.770. The molecular weight excluding hydrogens is 280 g/mol. The predicted molar refractivity (Wildman–Crippen MR) is 85.8 cm³/mol. The molecule has 4 heteroatoms. The summed E-state index contributed by atoms with van der Waals surface area (Å²) in [4.78, 5) is 11.5. The van der Waals surface area contributed by atoms with E-state index >= 15 is 0 Å². The maximum Gasteiger partial charge on any atom is 0.330 e. The molecule has 0 aromatic heterocycles. The molecule has 3 nitrogen and oxygen atoms in total. The van der Waals surface area contributed by atoms with Crippen LogP contribution in [-0.2, 0) is 19.6 Å². The van der Waals surface area contributed by atoms with E-state index in [4.69, 9.17) is 9.16 Å². The van der Waals surface area contributed by atoms with E-state index in [1.165, 1.54) is 0 Å². The van der Waals surface area contributed by atoms with Gasteiger partial charge in [0.25, 0.3) is 0 Å². The molecule has 0 bridgehead atoms. The van der Waals surface area contributed by atoms with E-state index in [1.807, 2.05) is 60.7 Å². The second-order valence-corrected chi connectivity index (χ2v) is 4.98. The molecule has 2 rings (SSSR count). The highest BCUT2D eigenvalue weighted by atomic mass is 28.2. The fraction of sp³-hybridized carbons (Fsp3) is 0.118. The number of carbonyl (C=O) groups is 1. The van der Waals surface area contributed by atoms with E-state index in [-0.39, 0.29) is 6.61 Å². The van der Waals surface area contributed by atoms with Gasteiger partial charge in [0.1, 0.15) is 22.7 Å². The molecular formula is C17H18O3Si. The molecule has 21 heavy (non-hydrogen) atoms. The van der Waals surface area contributed by atoms with Crippen molar-refractivity contribution in [3.63, 3.8) is 0 Å². The van der Waals surface area contributed by atoms with Gasteiger partial charge in [-0.25, -0.2) is 4.79 Å². The minimum Gasteiger partial charge on any atom is -0.459 e. The van der Waals surface area contributed by atoms with Gasteiger partial charge in [-0.05, 0) is 11.1 Å². The molecule has 0 aliphatic rings. The van der Waals surface area contributed by atoms with Crippen molar-refractivity contribution in [1.29, 1.82) is 0 Å². The topological polar surface area (TPSA) is 35.5 Å². The Morgan fingerprint density at radius 1 is 1.05 bits per heavy atom. The van der Waals surface area contributed by atoms with Crippen molar-refractivity contribution >= 4 is 16.5 Å². The van der Waals surface area contributed by atoms with Gasteiger partial charge < -0.3 is 9.16 Å². The number of rotatable bonds is 6. The summed E-state index contributed by atoms with van der Waals surface area (Å²) in [7, 11) is 0.510. The maximum atomic E-state index is 11.5. The Labute approximate surface area is 127 Å². The van der Waals surface area contributed by atoms with Crippen LogP contribution < -0.4 is 0 Å². The second kappa shape index (κ2) is 7.01. The summed E-state index contributed by atoms with van der Waals surface area (Å²) >= 11 is 0. The molecule has 0 heterocycles. The van der Waals surface area contributed by atoms with E-state index in [1.54, 1.807) is 0 Å². The van der Waals surface area contributed by atoms with Crippen LogP contribution in [0.4, 0.5) is 0 Å². The van der Waals surface area contributed by atoms with Crippen LogP contribution >= 0.6 is 0 Å². The zero-order valence-electron chi connectivity index (χ0n) is 12.0. The molecule has 0 radical (unpaired) electrons. The molecule has 0 aliphatic heterocycles. The highest BCUT2D eigenvalue weighted by Gasteiger charge is 2.35. The van der Waals surface area contributed by atoms with Crippen molar-refractivity contribution in [1.82, 2.24) is 0 Å². The molecule has 0 amide bonds. The molecule has 108 valence electrons. The Bertz CT molecular complexity index is 556. The van der Waals surface area contributed by atoms with Crippen LogP contribution in [0.15, 0.2) is 73.3 Å². The minimum absolute atomic E-state index is 0.120. The first kappa shape index (κ1) is 15.2. The first-order valence-electron chi connectivity index (χ1n) is 6.68. The highest BCUT2D eigenvalue weighted by Crippen LogP contribution is 2.33. The second-order valence-electron chi connectivity index (χ2n) is 4.58. The third kappa shape index (κ3) is 3.29. The molecule has 0 unspecified atom stereocenters. The van der Waals surface area contributed by atoms with Crippen LogP contribution in [0.3, 0.4) is 0 Å². The van der Waals surface area contributed by atoms with Gasteiger partial charge in [0.2, 0.25) is 0 Å². The summed E-state index contributed by atoms with van der Waals surface area (Å²) in [6, 6.07) is 19.6. The Morgan fingerprint density at radius 3 is 1.90 bits per heavy atom. The zero-order chi connectivity index (χ0) is 15.1. The zero-order valence-corrected chi connectivity index (χ0v) is 14.0. The van der Waals surface area contributed by atoms with Crippen LogP contribution in [-0.4, -0.2) is 23.1 Å². The Morgan fingerprint density at radius 2 is 1.52 bits per heavy atom. The normalized spacial score (nSPS) is 11.0. The smallest absolute Gasteiger partial charge is 0.330 e. The monoisotopic (exact) mass is 298 g/mol. The van der Waals surface area contributed by atoms with Gasteiger partial charge in [0.05, 0.1) is 0 Å². The van der Waals surface area contributed by atoms with Gasteiger partial charge in [0.15, 0.2) is 0 Å². The Kier molecular flexibility index (Phi) is 5.08. The quantitative estimate of drug-likeness (QED) is 0.464. The standard InChI is InChI=1S/C17H18O3Si/c1-2-16(18)19-13-17(20-21,14-9-5-3-6-10-14)15-11-7-4-8-12-15/h2-12H,1,13H2,21H3. The van der Waals surface area contributed by atoms with Gasteiger partial charge >= 0.3 is 5.97 Å². The van der Waals surface area contributed by atoms with E-state index in [0.29, 0.717) is 10.5 Å². The van der Waals surface area contributed by atoms with Gasteiger partial charge in [0, 0.05) is 6.08 Å². The van der Waals surface area contributed by atoms with Crippen molar-refractivity contribution in [2.24, 2.45) is 0 Å². The lowest BCUT2D eigenvalue weighted by atomic mass is 9.87. The number of benzene rings is 2. The molecule has 0 aliphatic carbocycles. The molecule has 0 N–H and O–H groups in total. The first-order chi connectivity index (χ1) is 10.2. The number of esters is 1. The van der Waals surface area contributed by atoms with E-state index < -0.39 is 11.6 Å². The molecule has 2 aromatic rings. The van der Waals surface area contributed by atoms with Crippen molar-refractivity contribution in [2.45, 2.75) is 5.60 Å². The van der Waals surface area contributed by atoms with Gasteiger partial charge in [-0.15, -0.1) is 0 Å². The fourth-order valence-electron chi connectivity index (χ4n) is 2.27. The van der Waals surface area contributed by atoms with Crippen LogP contribution in [0.25, 0.3) is 0 Å². The maximum absolute atomic E-state index is 11.5. The molecule has 0 fully saturated rings. The lowest BCUT2D eigenvalue weighted by molar-refractivity contribution is -0.142. The average molecular weight is 298 g/mol. The number of hydrogen-bond acceptors (Lipinski definition) is 3. The first-order valence-corrected chi connectivity index (χ1v) is 7.50. The van der Waals surface area contributed by atoms with Crippen molar-refractivity contribution in [2.75, 3.05) is 6.61 Å². The van der Waals surface area contributed by atoms with Gasteiger partial charge in [-0.3, -0.25) is 0 Å². The molecule has 0 atom stereocenters. The van der Waals surface area contributed by atoms with Crippen molar-refractivity contribution < 1.29 is 14.0 Å². The van der Waals surface area contributed by atoms with Crippen LogP contribution in [0.5, 0.6) is 0 Å². The predicted octanol–water partition coefficient (Wildman–Crippen LogP) is 1.96. The molecule has 0 spiro atoms. The van der Waals surface area contributed by atoms with Crippen molar-refractivity contribution in [3.8, 4) is 0 Å². The van der Waals surface area contributed by atoms with E-state index in [2.05, 4.69) is 6.58 Å². The average Bonchev–Trinajstić information content (AvgIpc) is 2.57. The Hall–Kier alpha value is -2.17. The third-order valence-corrected chi connectivity index (χ3v) is 4.11. The number of hydrogen-bond donors (Lipinski definition) is 0. The summed E-state index contributed by atoms with van der Waals surface area (Å²) in [6.07, 6.45) is 1.16. The SMILES string of the molecule is C=CC(=O)OCC(O[SiH3])(c1ccccc1)c1ccccc1. The summed E-state index contributed by atoms with van der Waals surface area (Å²) in [6.45, 7) is 3.55. The Balaban J connectivity index is 2.46. The highest BCUT2D eigenvalue weighted by molar-refractivity contribution is 5.98. The van der Waals surface area contributed by atoms with Crippen LogP contribution in [0.2, 0.25) is 0 Å². The van der Waals surface area contributed by atoms with E-state index in [0.717, 1.165) is 17.2 Å². The molecule has 2 aromatic carbocycles. The fourth-order valence-corrected chi connectivity index (χ4v) is 2.86. The summed E-state index contributed by atoms with van der Waals surface area (Å²) < 4.78 is 11.2. The summed E-state index contributed by atoms with van der Waals surface area (Å²) in [5, 5.41) is 0. The third-order valence-electron chi connectivity index (χ3n) is 3.41.